The van der Waals surface area contributed by atoms with E-state index in [4.69, 9.17) is 5.11 Å². The number of nitrogens with one attached hydrogen (secondary N) is 2. The standard InChI is InChI=1S/C3H5N3O4/c4-1(7)5-2(8)6-3(9)10/h(H,9,10)(H4,4,5,6,7,8). The Balaban J connectivity index is 3.65. The molecule has 0 aliphatic rings. The topological polar surface area (TPSA) is 122 Å². The van der Waals surface area contributed by atoms with E-state index < -0.39 is 18.2 Å². The van der Waals surface area contributed by atoms with E-state index in [1.807, 2.05) is 0 Å². The normalized spacial score (nSPS) is 8.00. The van der Waals surface area contributed by atoms with Gasteiger partial charge in [0.25, 0.3) is 0 Å². The van der Waals surface area contributed by atoms with Crippen molar-refractivity contribution < 1.29 is 19.5 Å². The fourth-order valence-corrected chi connectivity index (χ4v) is 0.240. The van der Waals surface area contributed by atoms with E-state index >= 15 is 0 Å². The Morgan fingerprint density at radius 3 is 2.00 bits per heavy atom. The first-order chi connectivity index (χ1) is 4.52. The highest BCUT2D eigenvalue weighted by atomic mass is 16.4. The minimum absolute atomic E-state index is 1.11. The van der Waals surface area contributed by atoms with E-state index in [1.165, 1.54) is 10.6 Å². The maximum atomic E-state index is 10.2. The molecule has 0 saturated carbocycles. The zero-order chi connectivity index (χ0) is 8.15. The lowest BCUT2D eigenvalue weighted by Gasteiger charge is -1.96. The molecule has 0 aliphatic heterocycles. The van der Waals surface area contributed by atoms with E-state index in [2.05, 4.69) is 5.73 Å². The van der Waals surface area contributed by atoms with Gasteiger partial charge in [0.15, 0.2) is 0 Å². The van der Waals surface area contributed by atoms with Gasteiger partial charge in [0.05, 0.1) is 0 Å². The summed E-state index contributed by atoms with van der Waals surface area (Å²) in [4.78, 5) is 29.7. The number of rotatable bonds is 0. The number of hydrogen-bond donors (Lipinski definition) is 4. The predicted octanol–water partition coefficient (Wildman–Crippen LogP) is -0.958. The Hall–Kier alpha value is -1.79. The largest absolute Gasteiger partial charge is 0.465 e. The summed E-state index contributed by atoms with van der Waals surface area (Å²) in [5.41, 5.74) is 4.47. The molecule has 56 valence electrons. The highest BCUT2D eigenvalue weighted by molar-refractivity contribution is 5.98. The molecule has 0 aromatic carbocycles. The summed E-state index contributed by atoms with van der Waals surface area (Å²) < 4.78 is 0. The van der Waals surface area contributed by atoms with Crippen molar-refractivity contribution in [1.82, 2.24) is 10.6 Å². The lowest BCUT2D eigenvalue weighted by Crippen LogP contribution is -2.44. The van der Waals surface area contributed by atoms with Crippen molar-refractivity contribution in [2.75, 3.05) is 0 Å². The minimum atomic E-state index is -1.56. The van der Waals surface area contributed by atoms with Crippen LogP contribution in [0.1, 0.15) is 0 Å². The molecule has 7 nitrogen and oxygen atoms in total. The maximum Gasteiger partial charge on any atom is 0.412 e. The average molecular weight is 147 g/mol. The summed E-state index contributed by atoms with van der Waals surface area (Å²) in [5.74, 6) is 0. The van der Waals surface area contributed by atoms with Crippen LogP contribution in [0.25, 0.3) is 0 Å². The molecule has 0 aromatic rings. The molecule has 0 unspecified atom stereocenters. The highest BCUT2D eigenvalue weighted by Gasteiger charge is 2.05. The van der Waals surface area contributed by atoms with Gasteiger partial charge in [0, 0.05) is 0 Å². The van der Waals surface area contributed by atoms with Crippen molar-refractivity contribution in [3.8, 4) is 0 Å². The first-order valence-corrected chi connectivity index (χ1v) is 2.12. The Kier molecular flexibility index (Phi) is 2.69. The van der Waals surface area contributed by atoms with Crippen LogP contribution in [-0.4, -0.2) is 23.3 Å². The maximum absolute atomic E-state index is 10.2. The van der Waals surface area contributed by atoms with Gasteiger partial charge in [-0.15, -0.1) is 0 Å². The first-order valence-electron chi connectivity index (χ1n) is 2.12. The van der Waals surface area contributed by atoms with Crippen LogP contribution < -0.4 is 16.4 Å². The number of urea groups is 2. The molecule has 10 heavy (non-hydrogen) atoms. The second-order valence-corrected chi connectivity index (χ2v) is 1.25. The molecule has 0 heterocycles. The molecule has 0 spiro atoms. The van der Waals surface area contributed by atoms with E-state index in [0.29, 0.717) is 0 Å². The van der Waals surface area contributed by atoms with Crippen LogP contribution in [0, 0.1) is 0 Å². The van der Waals surface area contributed by atoms with Gasteiger partial charge in [-0.3, -0.25) is 5.32 Å². The van der Waals surface area contributed by atoms with E-state index in [0.717, 1.165) is 0 Å². The fourth-order valence-electron chi connectivity index (χ4n) is 0.240. The number of carbonyl (C=O) groups is 3. The molecule has 0 bridgehead atoms. The molecule has 0 rings (SSSR count). The average Bonchev–Trinajstić information content (AvgIpc) is 1.58. The number of carboxylic acid groups (broad SMARTS) is 1. The summed E-state index contributed by atoms with van der Waals surface area (Å²) in [7, 11) is 0. The van der Waals surface area contributed by atoms with Crippen LogP contribution >= 0.6 is 0 Å². The van der Waals surface area contributed by atoms with Crippen molar-refractivity contribution >= 4 is 18.2 Å². The van der Waals surface area contributed by atoms with Gasteiger partial charge in [-0.1, -0.05) is 0 Å². The number of hydrogen-bond acceptors (Lipinski definition) is 3. The van der Waals surface area contributed by atoms with Crippen molar-refractivity contribution in [2.24, 2.45) is 5.73 Å². The Morgan fingerprint density at radius 2 is 1.70 bits per heavy atom. The van der Waals surface area contributed by atoms with E-state index in [1.54, 1.807) is 0 Å². The molecule has 0 radical (unpaired) electrons. The van der Waals surface area contributed by atoms with Crippen molar-refractivity contribution in [3.63, 3.8) is 0 Å². The number of carbonyl (C=O) groups excluding carboxylic acids is 2. The Labute approximate surface area is 55.2 Å². The molecule has 5 amide bonds. The number of imide groups is 2. The smallest absolute Gasteiger partial charge is 0.412 e. The minimum Gasteiger partial charge on any atom is -0.465 e. The quantitative estimate of drug-likeness (QED) is 0.352. The molecule has 0 fully saturated rings. The van der Waals surface area contributed by atoms with E-state index in [-0.39, 0.29) is 0 Å². The molecule has 0 atom stereocenters. The van der Waals surface area contributed by atoms with Crippen LogP contribution in [0.2, 0.25) is 0 Å². The third-order valence-electron chi connectivity index (χ3n) is 0.457. The first kappa shape index (κ1) is 8.21. The van der Waals surface area contributed by atoms with Crippen LogP contribution in [0.4, 0.5) is 14.4 Å². The number of primary amides is 1. The van der Waals surface area contributed by atoms with Crippen LogP contribution in [0.3, 0.4) is 0 Å². The Morgan fingerprint density at radius 1 is 1.20 bits per heavy atom. The van der Waals surface area contributed by atoms with Crippen LogP contribution in [0.5, 0.6) is 0 Å². The summed E-state index contributed by atoms with van der Waals surface area (Å²) in [6.07, 6.45) is -1.56. The van der Waals surface area contributed by atoms with Crippen molar-refractivity contribution in [1.29, 1.82) is 0 Å². The van der Waals surface area contributed by atoms with Gasteiger partial charge in [-0.25, -0.2) is 19.7 Å². The van der Waals surface area contributed by atoms with Gasteiger partial charge in [-0.05, 0) is 0 Å². The summed E-state index contributed by atoms with van der Waals surface area (Å²) >= 11 is 0. The second kappa shape index (κ2) is 3.28. The molecule has 0 saturated heterocycles. The lowest BCUT2D eigenvalue weighted by molar-refractivity contribution is 0.192. The third-order valence-corrected chi connectivity index (χ3v) is 0.457. The van der Waals surface area contributed by atoms with Gasteiger partial charge < -0.3 is 10.8 Å². The SMILES string of the molecule is NC(=O)NC(=O)NC(=O)O. The number of nitrogens with two attached hydrogens (primary N) is 1. The fraction of sp³-hybridized carbons (Fsp3) is 0. The van der Waals surface area contributed by atoms with Gasteiger partial charge in [0.1, 0.15) is 0 Å². The van der Waals surface area contributed by atoms with Gasteiger partial charge in [-0.2, -0.15) is 0 Å². The molecule has 7 heteroatoms. The Bertz CT molecular complexity index is 159. The van der Waals surface area contributed by atoms with Crippen molar-refractivity contribution in [3.05, 3.63) is 0 Å². The molecule has 0 aliphatic carbocycles. The third kappa shape index (κ3) is 4.37. The molecular weight excluding hydrogens is 142 g/mol. The van der Waals surface area contributed by atoms with Gasteiger partial charge in [0.2, 0.25) is 0 Å². The van der Waals surface area contributed by atoms with Crippen LogP contribution in [0.15, 0.2) is 0 Å². The second-order valence-electron chi connectivity index (χ2n) is 1.25. The monoisotopic (exact) mass is 147 g/mol. The molecular formula is C3H5N3O4. The molecule has 5 N–H and O–H groups in total. The zero-order valence-electron chi connectivity index (χ0n) is 4.75. The summed E-state index contributed by atoms with van der Waals surface area (Å²) in [5, 5.41) is 10.7. The number of amides is 5. The lowest BCUT2D eigenvalue weighted by atomic mass is 10.9. The van der Waals surface area contributed by atoms with Crippen LogP contribution in [-0.2, 0) is 0 Å². The zero-order valence-corrected chi connectivity index (χ0v) is 4.75. The van der Waals surface area contributed by atoms with Crippen molar-refractivity contribution in [2.45, 2.75) is 0 Å². The summed E-state index contributed by atoms with van der Waals surface area (Å²) in [6, 6.07) is -2.28. The highest BCUT2D eigenvalue weighted by Crippen LogP contribution is 1.64. The molecule has 0 aromatic heterocycles. The predicted molar refractivity (Wildman–Crippen MR) is 29.3 cm³/mol. The summed E-state index contributed by atoms with van der Waals surface area (Å²) in [6.45, 7) is 0. The van der Waals surface area contributed by atoms with E-state index in [9.17, 15) is 14.4 Å². The van der Waals surface area contributed by atoms with Gasteiger partial charge >= 0.3 is 18.2 Å².